The van der Waals surface area contributed by atoms with Crippen LogP contribution in [0.25, 0.3) is 0 Å². The fraction of sp³-hybridized carbons (Fsp3) is 0.667. The lowest BCUT2D eigenvalue weighted by Crippen LogP contribution is -2.41. The Labute approximate surface area is 138 Å². The summed E-state index contributed by atoms with van der Waals surface area (Å²) < 4.78 is 0. The fourth-order valence-electron chi connectivity index (χ4n) is 2.58. The lowest BCUT2D eigenvalue weighted by molar-refractivity contribution is 0.589. The number of hydrogen-bond donors (Lipinski definition) is 1. The molecule has 1 heterocycles. The van der Waals surface area contributed by atoms with E-state index in [9.17, 15) is 0 Å². The van der Waals surface area contributed by atoms with Crippen LogP contribution in [0, 0.1) is 0 Å². The van der Waals surface area contributed by atoms with Gasteiger partial charge in [-0.05, 0) is 23.0 Å². The van der Waals surface area contributed by atoms with Gasteiger partial charge in [-0.3, -0.25) is 0 Å². The molecule has 3 heteroatoms. The van der Waals surface area contributed by atoms with Crippen LogP contribution >= 0.6 is 23.5 Å². The highest BCUT2D eigenvalue weighted by Crippen LogP contribution is 2.37. The van der Waals surface area contributed by atoms with E-state index in [0.29, 0.717) is 10.5 Å². The molecule has 1 nitrogen and oxygen atoms in total. The van der Waals surface area contributed by atoms with Crippen molar-refractivity contribution >= 4 is 23.5 Å². The van der Waals surface area contributed by atoms with Crippen LogP contribution in [-0.2, 0) is 11.8 Å². The van der Waals surface area contributed by atoms with Gasteiger partial charge in [0.1, 0.15) is 0 Å². The van der Waals surface area contributed by atoms with E-state index in [1.807, 2.05) is 0 Å². The third-order valence-corrected chi connectivity index (χ3v) is 7.92. The minimum absolute atomic E-state index is 0.224. The summed E-state index contributed by atoms with van der Waals surface area (Å²) in [4.78, 5) is 0. The number of nitrogens with two attached hydrogens (primary N) is 1. The second-order valence-electron chi connectivity index (χ2n) is 7.23. The SMILES string of the molecule is CC1SCC(C(N)Cc2ccc(C(C)(C)C)cc2)SC1C. The summed E-state index contributed by atoms with van der Waals surface area (Å²) in [6.45, 7) is 11.4. The van der Waals surface area contributed by atoms with Crippen molar-refractivity contribution in [3.8, 4) is 0 Å². The van der Waals surface area contributed by atoms with Gasteiger partial charge >= 0.3 is 0 Å². The predicted molar refractivity (Wildman–Crippen MR) is 99.6 cm³/mol. The van der Waals surface area contributed by atoms with Crippen molar-refractivity contribution in [2.45, 2.75) is 68.2 Å². The average Bonchev–Trinajstić information content (AvgIpc) is 2.41. The highest BCUT2D eigenvalue weighted by molar-refractivity contribution is 8.07. The van der Waals surface area contributed by atoms with Gasteiger partial charge in [0.15, 0.2) is 0 Å². The van der Waals surface area contributed by atoms with E-state index in [1.165, 1.54) is 16.9 Å². The van der Waals surface area contributed by atoms with E-state index in [2.05, 4.69) is 82.4 Å². The minimum atomic E-state index is 0.224. The minimum Gasteiger partial charge on any atom is -0.326 e. The lowest BCUT2D eigenvalue weighted by Gasteiger charge is -2.34. The smallest absolute Gasteiger partial charge is 0.0295 e. The molecule has 2 N–H and O–H groups in total. The molecule has 1 fully saturated rings. The monoisotopic (exact) mass is 323 g/mol. The maximum atomic E-state index is 6.48. The zero-order valence-electron chi connectivity index (χ0n) is 13.9. The van der Waals surface area contributed by atoms with Crippen LogP contribution in [0.3, 0.4) is 0 Å². The van der Waals surface area contributed by atoms with Crippen molar-refractivity contribution in [2.75, 3.05) is 5.75 Å². The molecule has 0 bridgehead atoms. The Kier molecular flexibility index (Phi) is 5.72. The summed E-state index contributed by atoms with van der Waals surface area (Å²) in [6.07, 6.45) is 0.990. The molecule has 0 radical (unpaired) electrons. The van der Waals surface area contributed by atoms with Crippen LogP contribution < -0.4 is 5.73 Å². The Morgan fingerprint density at radius 1 is 1.14 bits per heavy atom. The Morgan fingerprint density at radius 2 is 1.76 bits per heavy atom. The quantitative estimate of drug-likeness (QED) is 0.888. The molecule has 0 saturated carbocycles. The molecule has 4 unspecified atom stereocenters. The molecule has 2 rings (SSSR count). The molecule has 1 aromatic carbocycles. The van der Waals surface area contributed by atoms with Crippen LogP contribution in [0.2, 0.25) is 0 Å². The lowest BCUT2D eigenvalue weighted by atomic mass is 9.86. The maximum Gasteiger partial charge on any atom is 0.0295 e. The van der Waals surface area contributed by atoms with Gasteiger partial charge in [0, 0.05) is 27.5 Å². The van der Waals surface area contributed by atoms with E-state index >= 15 is 0 Å². The van der Waals surface area contributed by atoms with Gasteiger partial charge in [0.2, 0.25) is 0 Å². The molecule has 0 aliphatic carbocycles. The molecule has 1 saturated heterocycles. The van der Waals surface area contributed by atoms with E-state index < -0.39 is 0 Å². The summed E-state index contributed by atoms with van der Waals surface area (Å²) in [5.74, 6) is 1.19. The van der Waals surface area contributed by atoms with Gasteiger partial charge in [-0.25, -0.2) is 0 Å². The van der Waals surface area contributed by atoms with Crippen LogP contribution in [0.15, 0.2) is 24.3 Å². The maximum absolute atomic E-state index is 6.48. The first-order valence-electron chi connectivity index (χ1n) is 7.89. The third-order valence-electron chi connectivity index (χ3n) is 4.34. The first kappa shape index (κ1) is 17.2. The Morgan fingerprint density at radius 3 is 2.29 bits per heavy atom. The topological polar surface area (TPSA) is 26.0 Å². The molecule has 1 aliphatic rings. The van der Waals surface area contributed by atoms with Crippen molar-refractivity contribution in [3.05, 3.63) is 35.4 Å². The molecule has 0 aromatic heterocycles. The molecule has 0 amide bonds. The van der Waals surface area contributed by atoms with Crippen molar-refractivity contribution in [2.24, 2.45) is 5.73 Å². The first-order valence-corrected chi connectivity index (χ1v) is 9.88. The van der Waals surface area contributed by atoms with Crippen molar-refractivity contribution in [1.82, 2.24) is 0 Å². The van der Waals surface area contributed by atoms with E-state index in [4.69, 9.17) is 5.73 Å². The summed E-state index contributed by atoms with van der Waals surface area (Å²) >= 11 is 4.16. The predicted octanol–water partition coefficient (Wildman–Crippen LogP) is 4.48. The van der Waals surface area contributed by atoms with Crippen molar-refractivity contribution < 1.29 is 0 Å². The summed E-state index contributed by atoms with van der Waals surface area (Å²) in [5.41, 5.74) is 9.46. The highest BCUT2D eigenvalue weighted by atomic mass is 32.2. The average molecular weight is 324 g/mol. The van der Waals surface area contributed by atoms with Gasteiger partial charge in [-0.1, -0.05) is 58.9 Å². The molecule has 0 spiro atoms. The number of thioether (sulfide) groups is 2. The second kappa shape index (κ2) is 6.97. The van der Waals surface area contributed by atoms with Crippen LogP contribution in [0.5, 0.6) is 0 Å². The molecule has 21 heavy (non-hydrogen) atoms. The van der Waals surface area contributed by atoms with Gasteiger partial charge in [0.05, 0.1) is 0 Å². The van der Waals surface area contributed by atoms with Crippen LogP contribution in [0.4, 0.5) is 0 Å². The van der Waals surface area contributed by atoms with Crippen LogP contribution in [0.1, 0.15) is 45.7 Å². The van der Waals surface area contributed by atoms with Crippen molar-refractivity contribution in [3.63, 3.8) is 0 Å². The fourth-order valence-corrected chi connectivity index (χ4v) is 5.64. The third kappa shape index (κ3) is 4.67. The number of hydrogen-bond acceptors (Lipinski definition) is 3. The molecule has 4 atom stereocenters. The normalized spacial score (nSPS) is 28.4. The second-order valence-corrected chi connectivity index (χ2v) is 10.3. The molecule has 1 aromatic rings. The molecular weight excluding hydrogens is 294 g/mol. The Bertz CT molecular complexity index is 449. The summed E-state index contributed by atoms with van der Waals surface area (Å²) in [5, 5.41) is 2.05. The zero-order valence-corrected chi connectivity index (χ0v) is 15.6. The van der Waals surface area contributed by atoms with Gasteiger partial charge in [-0.15, -0.1) is 0 Å². The van der Waals surface area contributed by atoms with Gasteiger partial charge in [0.25, 0.3) is 0 Å². The van der Waals surface area contributed by atoms with E-state index in [1.54, 1.807) is 0 Å². The van der Waals surface area contributed by atoms with Crippen molar-refractivity contribution in [1.29, 1.82) is 0 Å². The Hall–Kier alpha value is -0.120. The molecular formula is C18H29NS2. The zero-order chi connectivity index (χ0) is 15.6. The Balaban J connectivity index is 1.95. The van der Waals surface area contributed by atoms with Gasteiger partial charge in [-0.2, -0.15) is 23.5 Å². The molecule has 118 valence electrons. The standard InChI is InChI=1S/C18H29NS2/c1-12-13(2)21-17(11-20-12)16(19)10-14-6-8-15(9-7-14)18(3,4)5/h6-9,12-13,16-17H,10-11,19H2,1-5H3. The van der Waals surface area contributed by atoms with Crippen LogP contribution in [-0.4, -0.2) is 27.5 Å². The number of rotatable bonds is 3. The highest BCUT2D eigenvalue weighted by Gasteiger charge is 2.29. The van der Waals surface area contributed by atoms with Gasteiger partial charge < -0.3 is 5.73 Å². The van der Waals surface area contributed by atoms with E-state index in [0.717, 1.165) is 11.7 Å². The number of benzene rings is 1. The first-order chi connectivity index (χ1) is 9.77. The summed E-state index contributed by atoms with van der Waals surface area (Å²) in [7, 11) is 0. The largest absolute Gasteiger partial charge is 0.326 e. The molecule has 1 aliphatic heterocycles. The summed E-state index contributed by atoms with van der Waals surface area (Å²) in [6, 6.07) is 9.30. The van der Waals surface area contributed by atoms with E-state index in [-0.39, 0.29) is 11.5 Å².